The van der Waals surface area contributed by atoms with E-state index in [9.17, 15) is 4.79 Å². The summed E-state index contributed by atoms with van der Waals surface area (Å²) >= 11 is 0. The molecule has 0 aliphatic heterocycles. The Hall–Kier alpha value is -0.770. The Bertz CT molecular complexity index is 157. The summed E-state index contributed by atoms with van der Waals surface area (Å²) in [5.41, 5.74) is 5.46. The SMILES string of the molecule is COC(=O)N(C)CC(C)(C)CN. The van der Waals surface area contributed by atoms with Gasteiger partial charge in [0, 0.05) is 13.6 Å². The van der Waals surface area contributed by atoms with Gasteiger partial charge in [0.2, 0.25) is 0 Å². The first-order chi connectivity index (χ1) is 5.43. The van der Waals surface area contributed by atoms with Gasteiger partial charge >= 0.3 is 6.09 Å². The van der Waals surface area contributed by atoms with E-state index in [1.807, 2.05) is 13.8 Å². The molecule has 4 heteroatoms. The lowest BCUT2D eigenvalue weighted by molar-refractivity contribution is 0.118. The van der Waals surface area contributed by atoms with Crippen LogP contribution in [-0.4, -0.2) is 38.2 Å². The van der Waals surface area contributed by atoms with E-state index in [1.165, 1.54) is 12.0 Å². The molecule has 0 atom stereocenters. The minimum Gasteiger partial charge on any atom is -0.453 e. The second-order valence-corrected chi connectivity index (χ2v) is 3.69. The van der Waals surface area contributed by atoms with Crippen LogP contribution in [0.1, 0.15) is 13.8 Å². The first-order valence-electron chi connectivity index (χ1n) is 3.92. The van der Waals surface area contributed by atoms with E-state index in [4.69, 9.17) is 5.73 Å². The fourth-order valence-electron chi connectivity index (χ4n) is 0.927. The van der Waals surface area contributed by atoms with Crippen molar-refractivity contribution in [2.75, 3.05) is 27.2 Å². The van der Waals surface area contributed by atoms with E-state index < -0.39 is 0 Å². The molecule has 0 spiro atoms. The summed E-state index contributed by atoms with van der Waals surface area (Å²) < 4.78 is 4.55. The maximum absolute atomic E-state index is 11.0. The molecule has 4 nitrogen and oxygen atoms in total. The van der Waals surface area contributed by atoms with E-state index in [0.717, 1.165) is 0 Å². The van der Waals surface area contributed by atoms with Gasteiger partial charge in [-0.15, -0.1) is 0 Å². The summed E-state index contributed by atoms with van der Waals surface area (Å²) in [4.78, 5) is 12.5. The zero-order valence-electron chi connectivity index (χ0n) is 8.26. The normalized spacial score (nSPS) is 11.1. The average molecular weight is 174 g/mol. The predicted octanol–water partition coefficient (Wildman–Crippen LogP) is 0.670. The molecule has 0 aromatic carbocycles. The average Bonchev–Trinajstić information content (AvgIpc) is 2.02. The van der Waals surface area contributed by atoms with Gasteiger partial charge in [0.25, 0.3) is 0 Å². The largest absolute Gasteiger partial charge is 0.453 e. The van der Waals surface area contributed by atoms with Crippen molar-refractivity contribution in [3.05, 3.63) is 0 Å². The fourth-order valence-corrected chi connectivity index (χ4v) is 0.927. The van der Waals surface area contributed by atoms with E-state index >= 15 is 0 Å². The summed E-state index contributed by atoms with van der Waals surface area (Å²) in [7, 11) is 3.07. The number of methoxy groups -OCH3 is 1. The second kappa shape index (κ2) is 4.30. The van der Waals surface area contributed by atoms with E-state index in [0.29, 0.717) is 13.1 Å². The summed E-state index contributed by atoms with van der Waals surface area (Å²) in [5, 5.41) is 0. The quantitative estimate of drug-likeness (QED) is 0.684. The van der Waals surface area contributed by atoms with Crippen molar-refractivity contribution in [2.45, 2.75) is 13.8 Å². The first-order valence-corrected chi connectivity index (χ1v) is 3.92. The third kappa shape index (κ3) is 3.57. The number of carbonyl (C=O) groups is 1. The molecule has 0 aliphatic rings. The van der Waals surface area contributed by atoms with Gasteiger partial charge in [-0.05, 0) is 12.0 Å². The Morgan fingerprint density at radius 2 is 2.08 bits per heavy atom. The Morgan fingerprint density at radius 1 is 1.58 bits per heavy atom. The molecular weight excluding hydrogens is 156 g/mol. The molecule has 12 heavy (non-hydrogen) atoms. The maximum atomic E-state index is 11.0. The highest BCUT2D eigenvalue weighted by atomic mass is 16.5. The number of hydrogen-bond acceptors (Lipinski definition) is 3. The Labute approximate surface area is 73.7 Å². The third-order valence-corrected chi connectivity index (χ3v) is 1.70. The highest BCUT2D eigenvalue weighted by Gasteiger charge is 2.20. The Kier molecular flexibility index (Phi) is 4.03. The number of ether oxygens (including phenoxy) is 1. The number of nitrogens with two attached hydrogens (primary N) is 1. The maximum Gasteiger partial charge on any atom is 0.409 e. The lowest BCUT2D eigenvalue weighted by atomic mass is 9.93. The van der Waals surface area contributed by atoms with Crippen LogP contribution in [0.3, 0.4) is 0 Å². The molecule has 1 amide bonds. The van der Waals surface area contributed by atoms with E-state index in [1.54, 1.807) is 7.05 Å². The van der Waals surface area contributed by atoms with Gasteiger partial charge in [-0.1, -0.05) is 13.8 Å². The van der Waals surface area contributed by atoms with E-state index in [-0.39, 0.29) is 11.5 Å². The third-order valence-electron chi connectivity index (χ3n) is 1.70. The van der Waals surface area contributed by atoms with Crippen molar-refractivity contribution in [1.29, 1.82) is 0 Å². The molecule has 0 saturated heterocycles. The predicted molar refractivity (Wildman–Crippen MR) is 47.9 cm³/mol. The molecule has 0 heterocycles. The molecule has 0 aromatic rings. The van der Waals surface area contributed by atoms with Crippen LogP contribution in [0.4, 0.5) is 4.79 Å². The zero-order valence-corrected chi connectivity index (χ0v) is 8.26. The molecule has 72 valence electrons. The number of nitrogens with zero attached hydrogens (tertiary/aromatic N) is 1. The van der Waals surface area contributed by atoms with Gasteiger partial charge in [-0.2, -0.15) is 0 Å². The van der Waals surface area contributed by atoms with Crippen LogP contribution in [-0.2, 0) is 4.74 Å². The number of carbonyl (C=O) groups excluding carboxylic acids is 1. The van der Waals surface area contributed by atoms with Crippen molar-refractivity contribution in [2.24, 2.45) is 11.1 Å². The standard InChI is InChI=1S/C8H18N2O2/c1-8(2,5-9)6-10(3)7(11)12-4/h5-6,9H2,1-4H3. The molecule has 0 bridgehead atoms. The number of rotatable bonds is 3. The summed E-state index contributed by atoms with van der Waals surface area (Å²) in [6.45, 7) is 5.17. The highest BCUT2D eigenvalue weighted by Crippen LogP contribution is 2.13. The van der Waals surface area contributed by atoms with Gasteiger partial charge in [0.1, 0.15) is 0 Å². The molecule has 0 saturated carbocycles. The van der Waals surface area contributed by atoms with Crippen LogP contribution < -0.4 is 5.73 Å². The molecule has 0 rings (SSSR count). The molecule has 0 radical (unpaired) electrons. The van der Waals surface area contributed by atoms with Crippen molar-refractivity contribution < 1.29 is 9.53 Å². The minimum absolute atomic E-state index is 0.0526. The monoisotopic (exact) mass is 174 g/mol. The van der Waals surface area contributed by atoms with Gasteiger partial charge < -0.3 is 15.4 Å². The van der Waals surface area contributed by atoms with Gasteiger partial charge in [0.05, 0.1) is 7.11 Å². The van der Waals surface area contributed by atoms with Crippen LogP contribution in [0.25, 0.3) is 0 Å². The van der Waals surface area contributed by atoms with Crippen molar-refractivity contribution in [3.63, 3.8) is 0 Å². The van der Waals surface area contributed by atoms with Crippen molar-refractivity contribution in [1.82, 2.24) is 4.90 Å². The summed E-state index contributed by atoms with van der Waals surface area (Å²) in [6.07, 6.45) is -0.323. The van der Waals surface area contributed by atoms with Crippen LogP contribution in [0.2, 0.25) is 0 Å². The second-order valence-electron chi connectivity index (χ2n) is 3.69. The Morgan fingerprint density at radius 3 is 2.42 bits per heavy atom. The van der Waals surface area contributed by atoms with Gasteiger partial charge in [-0.25, -0.2) is 4.79 Å². The minimum atomic E-state index is -0.323. The molecular formula is C8H18N2O2. The lowest BCUT2D eigenvalue weighted by Crippen LogP contribution is -2.39. The molecule has 2 N–H and O–H groups in total. The summed E-state index contributed by atoms with van der Waals surface area (Å²) in [5.74, 6) is 0. The number of amides is 1. The molecule has 0 fully saturated rings. The van der Waals surface area contributed by atoms with Crippen LogP contribution in [0.15, 0.2) is 0 Å². The van der Waals surface area contributed by atoms with Crippen LogP contribution in [0, 0.1) is 5.41 Å². The topological polar surface area (TPSA) is 55.6 Å². The highest BCUT2D eigenvalue weighted by molar-refractivity contribution is 5.66. The molecule has 0 unspecified atom stereocenters. The van der Waals surface area contributed by atoms with Crippen molar-refractivity contribution >= 4 is 6.09 Å². The Balaban J connectivity index is 3.99. The van der Waals surface area contributed by atoms with E-state index in [2.05, 4.69) is 4.74 Å². The van der Waals surface area contributed by atoms with Crippen LogP contribution >= 0.6 is 0 Å². The van der Waals surface area contributed by atoms with Crippen LogP contribution in [0.5, 0.6) is 0 Å². The lowest BCUT2D eigenvalue weighted by Gasteiger charge is -2.27. The van der Waals surface area contributed by atoms with Gasteiger partial charge in [-0.3, -0.25) is 0 Å². The van der Waals surface area contributed by atoms with Crippen molar-refractivity contribution in [3.8, 4) is 0 Å². The first kappa shape index (κ1) is 11.2. The number of hydrogen-bond donors (Lipinski definition) is 1. The zero-order chi connectivity index (χ0) is 9.78. The molecule has 0 aliphatic carbocycles. The van der Waals surface area contributed by atoms with Gasteiger partial charge in [0.15, 0.2) is 0 Å². The molecule has 0 aromatic heterocycles. The fraction of sp³-hybridized carbons (Fsp3) is 0.875. The summed E-state index contributed by atoms with van der Waals surface area (Å²) in [6, 6.07) is 0. The smallest absolute Gasteiger partial charge is 0.409 e.